The third kappa shape index (κ3) is 44.6. The molecule has 0 radical (unpaired) electrons. The Morgan fingerprint density at radius 1 is 0.593 bits per heavy atom. The molecular formula is C50H97N2O6P. The van der Waals surface area contributed by atoms with Crippen LogP contribution < -0.4 is 10.2 Å². The van der Waals surface area contributed by atoms with Gasteiger partial charge in [0.05, 0.1) is 39.9 Å². The number of carbonyl (C=O) groups excluding carboxylic acids is 1. The lowest BCUT2D eigenvalue weighted by Gasteiger charge is -2.29. The Kier molecular flexibility index (Phi) is 41.1. The second-order valence-electron chi connectivity index (χ2n) is 18.2. The van der Waals surface area contributed by atoms with Crippen molar-refractivity contribution in [1.29, 1.82) is 0 Å². The van der Waals surface area contributed by atoms with E-state index in [1.54, 1.807) is 6.08 Å². The van der Waals surface area contributed by atoms with Crippen molar-refractivity contribution in [2.45, 2.75) is 238 Å². The zero-order chi connectivity index (χ0) is 43.6. The van der Waals surface area contributed by atoms with Crippen LogP contribution in [0.1, 0.15) is 226 Å². The summed E-state index contributed by atoms with van der Waals surface area (Å²) >= 11 is 0. The van der Waals surface area contributed by atoms with Crippen molar-refractivity contribution < 1.29 is 32.9 Å². The number of nitrogens with one attached hydrogen (secondary N) is 1. The second kappa shape index (κ2) is 42.0. The van der Waals surface area contributed by atoms with Gasteiger partial charge in [-0.1, -0.05) is 204 Å². The summed E-state index contributed by atoms with van der Waals surface area (Å²) in [6.45, 7) is 4.64. The molecule has 0 aliphatic carbocycles. The molecule has 9 heteroatoms. The summed E-state index contributed by atoms with van der Waals surface area (Å²) in [6.07, 6.45) is 51.9. The number of quaternary nitrogens is 1. The van der Waals surface area contributed by atoms with Gasteiger partial charge in [0.15, 0.2) is 0 Å². The first-order chi connectivity index (χ1) is 28.5. The molecule has 0 saturated heterocycles. The summed E-state index contributed by atoms with van der Waals surface area (Å²) in [5.74, 6) is -0.201. The number of amides is 1. The molecular weight excluding hydrogens is 756 g/mol. The monoisotopic (exact) mass is 853 g/mol. The third-order valence-electron chi connectivity index (χ3n) is 11.1. The predicted molar refractivity (Wildman–Crippen MR) is 251 cm³/mol. The fourth-order valence-electron chi connectivity index (χ4n) is 7.12. The Labute approximate surface area is 366 Å². The van der Waals surface area contributed by atoms with Crippen LogP contribution in [0.3, 0.4) is 0 Å². The molecule has 0 aromatic heterocycles. The lowest BCUT2D eigenvalue weighted by Crippen LogP contribution is -2.45. The molecule has 3 atom stereocenters. The number of hydrogen-bond donors (Lipinski definition) is 2. The summed E-state index contributed by atoms with van der Waals surface area (Å²) in [4.78, 5) is 25.4. The molecule has 0 aliphatic heterocycles. The molecule has 2 N–H and O–H groups in total. The average molecular weight is 853 g/mol. The third-order valence-corrected chi connectivity index (χ3v) is 12.1. The largest absolute Gasteiger partial charge is 0.756 e. The van der Waals surface area contributed by atoms with Crippen molar-refractivity contribution in [3.63, 3.8) is 0 Å². The number of aliphatic hydroxyl groups is 1. The van der Waals surface area contributed by atoms with Gasteiger partial charge < -0.3 is 28.8 Å². The van der Waals surface area contributed by atoms with E-state index in [4.69, 9.17) is 9.05 Å². The fraction of sp³-hybridized carbons (Fsp3) is 0.860. The maximum atomic E-state index is 12.9. The van der Waals surface area contributed by atoms with Crippen molar-refractivity contribution in [3.05, 3.63) is 36.5 Å². The fourth-order valence-corrected chi connectivity index (χ4v) is 7.85. The summed E-state index contributed by atoms with van der Waals surface area (Å²) in [7, 11) is 1.26. The van der Waals surface area contributed by atoms with Gasteiger partial charge in [0.2, 0.25) is 5.91 Å². The molecule has 0 aromatic rings. The minimum Gasteiger partial charge on any atom is -0.756 e. The van der Waals surface area contributed by atoms with Crippen LogP contribution in [-0.4, -0.2) is 68.5 Å². The van der Waals surface area contributed by atoms with Crippen molar-refractivity contribution in [2.24, 2.45) is 0 Å². The van der Waals surface area contributed by atoms with Gasteiger partial charge in [-0.05, 0) is 51.4 Å². The van der Waals surface area contributed by atoms with Gasteiger partial charge in [0, 0.05) is 6.42 Å². The molecule has 3 unspecified atom stereocenters. The summed E-state index contributed by atoms with van der Waals surface area (Å²) in [6, 6.07) is -0.887. The molecule has 348 valence electrons. The molecule has 1 amide bonds. The van der Waals surface area contributed by atoms with Crippen molar-refractivity contribution >= 4 is 13.7 Å². The van der Waals surface area contributed by atoms with Crippen LogP contribution in [0.5, 0.6) is 0 Å². The van der Waals surface area contributed by atoms with Crippen molar-refractivity contribution in [3.8, 4) is 0 Å². The number of allylic oxidation sites excluding steroid dienone is 5. The molecule has 0 saturated carbocycles. The maximum absolute atomic E-state index is 12.9. The van der Waals surface area contributed by atoms with Crippen molar-refractivity contribution in [2.75, 3.05) is 40.9 Å². The topological polar surface area (TPSA) is 108 Å². The van der Waals surface area contributed by atoms with Gasteiger partial charge in [-0.15, -0.1) is 0 Å². The Bertz CT molecular complexity index is 1060. The number of nitrogens with zero attached hydrogens (tertiary/aromatic N) is 1. The molecule has 0 aliphatic rings. The van der Waals surface area contributed by atoms with E-state index in [1.165, 1.54) is 161 Å². The van der Waals surface area contributed by atoms with Gasteiger partial charge in [0.1, 0.15) is 13.2 Å². The quantitative estimate of drug-likeness (QED) is 0.0273. The standard InChI is InChI=1S/C50H97N2O6P/c1-6-8-10-12-14-16-18-20-22-24-25-26-27-28-30-32-34-36-38-40-42-44-50(54)51-48(47-58-59(55,56)57-46-45-52(3,4)5)49(53)43-41-39-37-35-33-31-29-23-21-19-17-15-13-11-9-7-2/h18,20,24-25,41,43,48-49,53H,6-17,19,21-23,26-40,42,44-47H2,1-5H3,(H-,51,54,55,56)/b20-18-,25-24-,43-41+. The van der Waals surface area contributed by atoms with E-state index in [-0.39, 0.29) is 19.1 Å². The van der Waals surface area contributed by atoms with E-state index < -0.39 is 20.0 Å². The van der Waals surface area contributed by atoms with Crippen LogP contribution in [-0.2, 0) is 18.4 Å². The Hall–Kier alpha value is -1.28. The van der Waals surface area contributed by atoms with Gasteiger partial charge in [-0.2, -0.15) is 0 Å². The van der Waals surface area contributed by atoms with Crippen LogP contribution in [0.25, 0.3) is 0 Å². The smallest absolute Gasteiger partial charge is 0.268 e. The first-order valence-electron chi connectivity index (χ1n) is 24.9. The second-order valence-corrected chi connectivity index (χ2v) is 19.6. The molecule has 0 aromatic carbocycles. The number of phosphoric ester groups is 1. The summed E-state index contributed by atoms with van der Waals surface area (Å²) < 4.78 is 23.3. The molecule has 8 nitrogen and oxygen atoms in total. The normalized spacial score (nSPS) is 14.5. The number of phosphoric acid groups is 1. The SMILES string of the molecule is CCCCCCC/C=C\C/C=C\CCCCCCCCCCCC(=O)NC(COP(=O)([O-])OCC[N+](C)(C)C)C(O)/C=C/CCCCCCCCCCCCCCCC. The van der Waals surface area contributed by atoms with Gasteiger partial charge >= 0.3 is 0 Å². The Morgan fingerprint density at radius 2 is 0.983 bits per heavy atom. The highest BCUT2D eigenvalue weighted by Gasteiger charge is 2.23. The summed E-state index contributed by atoms with van der Waals surface area (Å²) in [5, 5.41) is 13.8. The van der Waals surface area contributed by atoms with E-state index >= 15 is 0 Å². The zero-order valence-corrected chi connectivity index (χ0v) is 40.4. The number of likely N-dealkylation sites (N-methyl/N-ethyl adjacent to an activating group) is 1. The first-order valence-corrected chi connectivity index (χ1v) is 26.3. The first kappa shape index (κ1) is 57.7. The van der Waals surface area contributed by atoms with Crippen molar-refractivity contribution in [1.82, 2.24) is 5.32 Å². The van der Waals surface area contributed by atoms with Gasteiger partial charge in [-0.3, -0.25) is 9.36 Å². The molecule has 59 heavy (non-hydrogen) atoms. The highest BCUT2D eigenvalue weighted by Crippen LogP contribution is 2.38. The lowest BCUT2D eigenvalue weighted by atomic mass is 10.0. The average Bonchev–Trinajstić information content (AvgIpc) is 3.19. The highest BCUT2D eigenvalue weighted by molar-refractivity contribution is 7.45. The Morgan fingerprint density at radius 3 is 1.41 bits per heavy atom. The molecule has 0 heterocycles. The van der Waals surface area contributed by atoms with Crippen LogP contribution in [0, 0.1) is 0 Å². The van der Waals surface area contributed by atoms with Crippen LogP contribution in [0.15, 0.2) is 36.5 Å². The van der Waals surface area contributed by atoms with E-state index in [0.29, 0.717) is 17.4 Å². The molecule has 0 rings (SSSR count). The minimum atomic E-state index is -4.59. The number of carbonyl (C=O) groups is 1. The zero-order valence-electron chi connectivity index (χ0n) is 39.5. The number of hydrogen-bond acceptors (Lipinski definition) is 6. The Balaban J connectivity index is 4.33. The van der Waals surface area contributed by atoms with Gasteiger partial charge in [-0.25, -0.2) is 0 Å². The van der Waals surface area contributed by atoms with Crippen LogP contribution in [0.2, 0.25) is 0 Å². The van der Waals surface area contributed by atoms with Crippen LogP contribution >= 0.6 is 7.82 Å². The lowest BCUT2D eigenvalue weighted by molar-refractivity contribution is -0.870. The molecule has 0 fully saturated rings. The maximum Gasteiger partial charge on any atom is 0.268 e. The van der Waals surface area contributed by atoms with E-state index in [2.05, 4.69) is 43.5 Å². The van der Waals surface area contributed by atoms with E-state index in [0.717, 1.165) is 44.9 Å². The van der Waals surface area contributed by atoms with Gasteiger partial charge in [0.25, 0.3) is 7.82 Å². The highest BCUT2D eigenvalue weighted by atomic mass is 31.2. The van der Waals surface area contributed by atoms with Crippen LogP contribution in [0.4, 0.5) is 0 Å². The molecule has 0 bridgehead atoms. The summed E-state index contributed by atoms with van der Waals surface area (Å²) in [5.41, 5.74) is 0. The number of rotatable bonds is 45. The number of unbranched alkanes of at least 4 members (excludes halogenated alkanes) is 28. The predicted octanol–water partition coefficient (Wildman–Crippen LogP) is 13.6. The number of aliphatic hydroxyl groups excluding tert-OH is 1. The van der Waals surface area contributed by atoms with E-state index in [9.17, 15) is 19.4 Å². The molecule has 0 spiro atoms. The van der Waals surface area contributed by atoms with E-state index in [1.807, 2.05) is 27.2 Å². The minimum absolute atomic E-state index is 0.00179.